The van der Waals surface area contributed by atoms with Crippen LogP contribution in [0.1, 0.15) is 67.1 Å². The lowest BCUT2D eigenvalue weighted by atomic mass is 10.1. The van der Waals surface area contributed by atoms with Gasteiger partial charge in [0.2, 0.25) is 0 Å². The van der Waals surface area contributed by atoms with E-state index < -0.39 is 16.0 Å². The summed E-state index contributed by atoms with van der Waals surface area (Å²) in [6.45, 7) is 6.14. The van der Waals surface area contributed by atoms with Crippen molar-refractivity contribution in [1.82, 2.24) is 0 Å². The van der Waals surface area contributed by atoms with E-state index in [1.165, 1.54) is 19.3 Å². The first-order valence-electron chi connectivity index (χ1n) is 11.1. The summed E-state index contributed by atoms with van der Waals surface area (Å²) in [7, 11) is -3.75. The van der Waals surface area contributed by atoms with Gasteiger partial charge in [0.1, 0.15) is 16.9 Å². The van der Waals surface area contributed by atoms with Crippen molar-refractivity contribution in [2.24, 2.45) is 0 Å². The molecule has 2 aromatic carbocycles. The second kappa shape index (κ2) is 10.7. The van der Waals surface area contributed by atoms with Crippen molar-refractivity contribution in [3.63, 3.8) is 0 Å². The van der Waals surface area contributed by atoms with Crippen molar-refractivity contribution < 1.29 is 22.4 Å². The van der Waals surface area contributed by atoms with Crippen LogP contribution in [0.3, 0.4) is 0 Å². The highest BCUT2D eigenvalue weighted by atomic mass is 32.2. The molecule has 0 saturated heterocycles. The molecule has 172 valence electrons. The first-order chi connectivity index (χ1) is 15.3. The summed E-state index contributed by atoms with van der Waals surface area (Å²) in [4.78, 5) is 12.9. The SMILES string of the molecule is CCCCCCCCOC(=O)c1c(C)oc2ccc(NS(=O)(=O)c3ccc(C)cc3)cc12. The summed E-state index contributed by atoms with van der Waals surface area (Å²) in [5, 5.41) is 0.527. The first kappa shape index (κ1) is 23.9. The van der Waals surface area contributed by atoms with E-state index in [4.69, 9.17) is 9.15 Å². The molecule has 0 aliphatic carbocycles. The molecule has 0 saturated carbocycles. The van der Waals surface area contributed by atoms with Gasteiger partial charge in [0.15, 0.2) is 0 Å². The molecule has 0 spiro atoms. The summed E-state index contributed by atoms with van der Waals surface area (Å²) >= 11 is 0. The number of ether oxygens (including phenoxy) is 1. The molecule has 1 N–H and O–H groups in total. The maximum Gasteiger partial charge on any atom is 0.342 e. The van der Waals surface area contributed by atoms with Crippen molar-refractivity contribution in [2.45, 2.75) is 64.2 Å². The highest BCUT2D eigenvalue weighted by Crippen LogP contribution is 2.30. The minimum Gasteiger partial charge on any atom is -0.462 e. The maximum atomic E-state index is 12.7. The molecule has 3 aromatic rings. The van der Waals surface area contributed by atoms with Gasteiger partial charge in [-0.15, -0.1) is 0 Å². The Balaban J connectivity index is 1.72. The predicted molar refractivity (Wildman–Crippen MR) is 127 cm³/mol. The number of hydrogen-bond acceptors (Lipinski definition) is 5. The van der Waals surface area contributed by atoms with E-state index in [9.17, 15) is 13.2 Å². The summed E-state index contributed by atoms with van der Waals surface area (Å²) in [5.74, 6) is -0.000151. The van der Waals surface area contributed by atoms with Crippen LogP contribution in [0.5, 0.6) is 0 Å². The molecule has 32 heavy (non-hydrogen) atoms. The molecule has 0 bridgehead atoms. The molecule has 1 aromatic heterocycles. The Morgan fingerprint density at radius 3 is 2.38 bits per heavy atom. The van der Waals surface area contributed by atoms with Crippen LogP contribution in [-0.4, -0.2) is 21.0 Å². The number of furan rings is 1. The second-order valence-corrected chi connectivity index (χ2v) is 9.75. The van der Waals surface area contributed by atoms with E-state index in [0.717, 1.165) is 24.8 Å². The van der Waals surface area contributed by atoms with Crippen LogP contribution < -0.4 is 4.72 Å². The number of fused-ring (bicyclic) bond motifs is 1. The third-order valence-electron chi connectivity index (χ3n) is 5.38. The fraction of sp³-hybridized carbons (Fsp3) is 0.400. The molecule has 0 unspecified atom stereocenters. The third-order valence-corrected chi connectivity index (χ3v) is 6.78. The topological polar surface area (TPSA) is 85.6 Å². The lowest BCUT2D eigenvalue weighted by molar-refractivity contribution is 0.0497. The molecule has 0 amide bonds. The third kappa shape index (κ3) is 5.91. The van der Waals surface area contributed by atoms with Gasteiger partial charge >= 0.3 is 5.97 Å². The van der Waals surface area contributed by atoms with Crippen LogP contribution >= 0.6 is 0 Å². The lowest BCUT2D eigenvalue weighted by Crippen LogP contribution is -2.13. The van der Waals surface area contributed by atoms with Crippen molar-refractivity contribution in [3.8, 4) is 0 Å². The normalized spacial score (nSPS) is 11.6. The Hall–Kier alpha value is -2.80. The number of esters is 1. The van der Waals surface area contributed by atoms with Crippen LogP contribution in [0.4, 0.5) is 5.69 Å². The highest BCUT2D eigenvalue weighted by molar-refractivity contribution is 7.92. The van der Waals surface area contributed by atoms with Crippen molar-refractivity contribution >= 4 is 32.6 Å². The van der Waals surface area contributed by atoms with Gasteiger partial charge < -0.3 is 9.15 Å². The van der Waals surface area contributed by atoms with Gasteiger partial charge in [-0.1, -0.05) is 56.7 Å². The van der Waals surface area contributed by atoms with E-state index in [2.05, 4.69) is 11.6 Å². The molecule has 0 atom stereocenters. The molecule has 0 aliphatic heterocycles. The van der Waals surface area contributed by atoms with Gasteiger partial charge in [0.25, 0.3) is 10.0 Å². The van der Waals surface area contributed by atoms with Crippen molar-refractivity contribution in [1.29, 1.82) is 0 Å². The fourth-order valence-corrected chi connectivity index (χ4v) is 4.64. The number of carbonyl (C=O) groups is 1. The molecule has 6 nitrogen and oxygen atoms in total. The number of benzene rings is 2. The highest BCUT2D eigenvalue weighted by Gasteiger charge is 2.21. The molecule has 0 radical (unpaired) electrons. The minimum absolute atomic E-state index is 0.171. The van der Waals surface area contributed by atoms with E-state index in [-0.39, 0.29) is 4.90 Å². The Morgan fingerprint density at radius 1 is 0.969 bits per heavy atom. The minimum atomic E-state index is -3.75. The Labute approximate surface area is 190 Å². The summed E-state index contributed by atoms with van der Waals surface area (Å²) in [6, 6.07) is 11.5. The van der Waals surface area contributed by atoms with Crippen LogP contribution in [0, 0.1) is 13.8 Å². The van der Waals surface area contributed by atoms with Gasteiger partial charge in [-0.2, -0.15) is 0 Å². The number of sulfonamides is 1. The second-order valence-electron chi connectivity index (χ2n) is 8.07. The van der Waals surface area contributed by atoms with Gasteiger partial charge in [0.05, 0.1) is 11.5 Å². The van der Waals surface area contributed by atoms with Crippen molar-refractivity contribution in [3.05, 3.63) is 59.4 Å². The number of hydrogen-bond donors (Lipinski definition) is 1. The van der Waals surface area contributed by atoms with Gasteiger partial charge in [-0.25, -0.2) is 13.2 Å². The average molecular weight is 458 g/mol. The van der Waals surface area contributed by atoms with Gasteiger partial charge in [-0.05, 0) is 50.6 Å². The Morgan fingerprint density at radius 2 is 1.66 bits per heavy atom. The number of unbranched alkanes of at least 4 members (excludes halogenated alkanes) is 5. The van der Waals surface area contributed by atoms with Gasteiger partial charge in [0, 0.05) is 11.1 Å². The maximum absolute atomic E-state index is 12.7. The van der Waals surface area contributed by atoms with E-state index in [1.807, 2.05) is 6.92 Å². The molecule has 1 heterocycles. The quantitative estimate of drug-likeness (QED) is 0.267. The first-order valence-corrected chi connectivity index (χ1v) is 12.6. The molecule has 7 heteroatoms. The monoisotopic (exact) mass is 457 g/mol. The molecule has 0 aliphatic rings. The number of aryl methyl sites for hydroxylation is 2. The lowest BCUT2D eigenvalue weighted by Gasteiger charge is -2.09. The molecule has 3 rings (SSSR count). The Bertz CT molecular complexity index is 1160. The summed E-state index contributed by atoms with van der Waals surface area (Å²) < 4.78 is 39.2. The average Bonchev–Trinajstić information content (AvgIpc) is 3.08. The van der Waals surface area contributed by atoms with E-state index >= 15 is 0 Å². The standard InChI is InChI=1S/C25H31NO5S/c1-4-5-6-7-8-9-16-30-25(27)24-19(3)31-23-15-12-20(17-22(23)24)26-32(28,29)21-13-10-18(2)11-14-21/h10-15,17,26H,4-9,16H2,1-3H3. The zero-order valence-electron chi connectivity index (χ0n) is 18.9. The number of carbonyl (C=O) groups excluding carboxylic acids is 1. The largest absolute Gasteiger partial charge is 0.462 e. The molecular weight excluding hydrogens is 426 g/mol. The molecule has 0 fully saturated rings. The predicted octanol–water partition coefficient (Wildman–Crippen LogP) is 6.37. The van der Waals surface area contributed by atoms with E-state index in [1.54, 1.807) is 49.4 Å². The zero-order chi connectivity index (χ0) is 23.1. The smallest absolute Gasteiger partial charge is 0.342 e. The van der Waals surface area contributed by atoms with Crippen LogP contribution in [-0.2, 0) is 14.8 Å². The molecular formula is C25H31NO5S. The fourth-order valence-electron chi connectivity index (χ4n) is 3.59. The summed E-state index contributed by atoms with van der Waals surface area (Å²) in [5.41, 5.74) is 2.17. The summed E-state index contributed by atoms with van der Waals surface area (Å²) in [6.07, 6.45) is 6.64. The number of rotatable bonds is 11. The van der Waals surface area contributed by atoms with Crippen LogP contribution in [0.2, 0.25) is 0 Å². The number of anilines is 1. The van der Waals surface area contributed by atoms with Crippen molar-refractivity contribution in [2.75, 3.05) is 11.3 Å². The van der Waals surface area contributed by atoms with Crippen LogP contribution in [0.25, 0.3) is 11.0 Å². The Kier molecular flexibility index (Phi) is 7.96. The van der Waals surface area contributed by atoms with Gasteiger partial charge in [-0.3, -0.25) is 4.72 Å². The van der Waals surface area contributed by atoms with Crippen LogP contribution in [0.15, 0.2) is 51.8 Å². The zero-order valence-corrected chi connectivity index (χ0v) is 19.8. The van der Waals surface area contributed by atoms with E-state index in [0.29, 0.717) is 34.6 Å². The number of nitrogens with one attached hydrogen (secondary N) is 1.